The number of carbonyl (C=O) groups excluding carboxylic acids is 1. The van der Waals surface area contributed by atoms with Crippen LogP contribution in [0.1, 0.15) is 13.3 Å². The lowest BCUT2D eigenvalue weighted by atomic mass is 10.0. The first kappa shape index (κ1) is 9.78. The SMILES string of the molecule is COC(=O)[C@](C)(N)CCS. The molecule has 60 valence electrons. The number of thiol groups is 1. The third-order valence-electron chi connectivity index (χ3n) is 1.28. The van der Waals surface area contributed by atoms with Gasteiger partial charge < -0.3 is 10.5 Å². The summed E-state index contributed by atoms with van der Waals surface area (Å²) in [5.74, 6) is 0.198. The zero-order valence-corrected chi connectivity index (χ0v) is 7.15. The van der Waals surface area contributed by atoms with Gasteiger partial charge in [0.05, 0.1) is 7.11 Å². The number of hydrogen-bond donors (Lipinski definition) is 2. The molecule has 0 fully saturated rings. The summed E-state index contributed by atoms with van der Waals surface area (Å²) in [6, 6.07) is 0. The van der Waals surface area contributed by atoms with E-state index in [4.69, 9.17) is 5.73 Å². The molecule has 0 aromatic heterocycles. The van der Waals surface area contributed by atoms with Gasteiger partial charge in [0.25, 0.3) is 0 Å². The Kier molecular flexibility index (Phi) is 3.75. The van der Waals surface area contributed by atoms with Gasteiger partial charge >= 0.3 is 5.97 Å². The van der Waals surface area contributed by atoms with Crippen molar-refractivity contribution >= 4 is 18.6 Å². The minimum Gasteiger partial charge on any atom is -0.468 e. The Morgan fingerprint density at radius 3 is 2.60 bits per heavy atom. The maximum Gasteiger partial charge on any atom is 0.325 e. The third-order valence-corrected chi connectivity index (χ3v) is 1.51. The van der Waals surface area contributed by atoms with E-state index in [1.54, 1.807) is 6.92 Å². The van der Waals surface area contributed by atoms with Crippen LogP contribution in [0.5, 0.6) is 0 Å². The van der Waals surface area contributed by atoms with Crippen molar-refractivity contribution in [1.29, 1.82) is 0 Å². The van der Waals surface area contributed by atoms with Crippen molar-refractivity contribution in [2.75, 3.05) is 12.9 Å². The Balaban J connectivity index is 3.96. The first-order valence-corrected chi connectivity index (χ1v) is 3.66. The van der Waals surface area contributed by atoms with Crippen LogP contribution in [0.3, 0.4) is 0 Å². The molecule has 0 amide bonds. The fourth-order valence-electron chi connectivity index (χ4n) is 0.567. The lowest BCUT2D eigenvalue weighted by molar-refractivity contribution is -0.146. The molecule has 0 spiro atoms. The molecule has 0 aliphatic heterocycles. The molecule has 0 aliphatic carbocycles. The Hall–Kier alpha value is -0.220. The van der Waals surface area contributed by atoms with E-state index in [9.17, 15) is 4.79 Å². The smallest absolute Gasteiger partial charge is 0.325 e. The number of hydrogen-bond acceptors (Lipinski definition) is 4. The summed E-state index contributed by atoms with van der Waals surface area (Å²) in [5, 5.41) is 0. The topological polar surface area (TPSA) is 52.3 Å². The molecule has 1 atom stereocenters. The Morgan fingerprint density at radius 2 is 2.30 bits per heavy atom. The highest BCUT2D eigenvalue weighted by atomic mass is 32.1. The Labute approximate surface area is 66.3 Å². The lowest BCUT2D eigenvalue weighted by Crippen LogP contribution is -2.46. The number of rotatable bonds is 3. The van der Waals surface area contributed by atoms with Crippen LogP contribution < -0.4 is 5.73 Å². The summed E-state index contributed by atoms with van der Waals surface area (Å²) in [7, 11) is 1.33. The van der Waals surface area contributed by atoms with Crippen molar-refractivity contribution in [3.05, 3.63) is 0 Å². The van der Waals surface area contributed by atoms with Gasteiger partial charge in [-0.05, 0) is 19.1 Å². The van der Waals surface area contributed by atoms with Crippen LogP contribution in [-0.2, 0) is 9.53 Å². The first-order chi connectivity index (χ1) is 4.54. The molecule has 0 bridgehead atoms. The Bertz CT molecular complexity index is 125. The number of ether oxygens (including phenoxy) is 1. The quantitative estimate of drug-likeness (QED) is 0.461. The highest BCUT2D eigenvalue weighted by Gasteiger charge is 2.27. The average molecular weight is 163 g/mol. The molecule has 4 heteroatoms. The number of esters is 1. The van der Waals surface area contributed by atoms with Crippen LogP contribution in [0.25, 0.3) is 0 Å². The summed E-state index contributed by atoms with van der Waals surface area (Å²) >= 11 is 3.96. The van der Waals surface area contributed by atoms with Gasteiger partial charge in [0.15, 0.2) is 0 Å². The standard InChI is InChI=1S/C6H13NO2S/c1-6(7,3-4-10)5(8)9-2/h10H,3-4,7H2,1-2H3/t6-/m1/s1. The van der Waals surface area contributed by atoms with Crippen molar-refractivity contribution in [1.82, 2.24) is 0 Å². The maximum absolute atomic E-state index is 10.8. The molecule has 0 aromatic rings. The minimum atomic E-state index is -0.878. The largest absolute Gasteiger partial charge is 0.468 e. The van der Waals surface area contributed by atoms with E-state index in [2.05, 4.69) is 17.4 Å². The molecule has 0 radical (unpaired) electrons. The van der Waals surface area contributed by atoms with Crippen molar-refractivity contribution in [2.45, 2.75) is 18.9 Å². The van der Waals surface area contributed by atoms with Gasteiger partial charge in [-0.1, -0.05) is 0 Å². The second-order valence-electron chi connectivity index (χ2n) is 2.38. The zero-order valence-electron chi connectivity index (χ0n) is 6.26. The van der Waals surface area contributed by atoms with Crippen molar-refractivity contribution < 1.29 is 9.53 Å². The molecule has 10 heavy (non-hydrogen) atoms. The van der Waals surface area contributed by atoms with Crippen molar-refractivity contribution in [3.63, 3.8) is 0 Å². The van der Waals surface area contributed by atoms with Crippen molar-refractivity contribution in [3.8, 4) is 0 Å². The van der Waals surface area contributed by atoms with E-state index in [0.29, 0.717) is 12.2 Å². The molecule has 0 aromatic carbocycles. The second kappa shape index (κ2) is 3.83. The summed E-state index contributed by atoms with van der Waals surface area (Å²) in [6.07, 6.45) is 0.531. The zero-order chi connectivity index (χ0) is 8.20. The van der Waals surface area contributed by atoms with Gasteiger partial charge in [-0.3, -0.25) is 4.79 Å². The van der Waals surface area contributed by atoms with E-state index in [0.717, 1.165) is 0 Å². The fourth-order valence-corrected chi connectivity index (χ4v) is 1.03. The van der Waals surface area contributed by atoms with E-state index in [1.165, 1.54) is 7.11 Å². The van der Waals surface area contributed by atoms with Gasteiger partial charge in [0, 0.05) is 0 Å². The average Bonchev–Trinajstić information content (AvgIpc) is 1.86. The predicted molar refractivity (Wildman–Crippen MR) is 43.1 cm³/mol. The molecule has 0 rings (SSSR count). The van der Waals surface area contributed by atoms with Gasteiger partial charge in [-0.2, -0.15) is 12.6 Å². The number of nitrogens with two attached hydrogens (primary N) is 1. The molecular weight excluding hydrogens is 150 g/mol. The number of methoxy groups -OCH3 is 1. The summed E-state index contributed by atoms with van der Waals surface area (Å²) in [4.78, 5) is 10.8. The van der Waals surface area contributed by atoms with E-state index in [-0.39, 0.29) is 5.97 Å². The van der Waals surface area contributed by atoms with Gasteiger partial charge in [0.1, 0.15) is 5.54 Å². The van der Waals surface area contributed by atoms with E-state index in [1.807, 2.05) is 0 Å². The summed E-state index contributed by atoms with van der Waals surface area (Å²) in [5.41, 5.74) is 4.68. The second-order valence-corrected chi connectivity index (χ2v) is 2.83. The van der Waals surface area contributed by atoms with Crippen LogP contribution in [-0.4, -0.2) is 24.4 Å². The normalized spacial score (nSPS) is 16.0. The molecule has 0 saturated carbocycles. The third kappa shape index (κ3) is 2.58. The van der Waals surface area contributed by atoms with Crippen molar-refractivity contribution in [2.24, 2.45) is 5.73 Å². The van der Waals surface area contributed by atoms with Crippen LogP contribution in [0.4, 0.5) is 0 Å². The molecule has 0 aliphatic rings. The van der Waals surface area contributed by atoms with Crippen LogP contribution >= 0.6 is 12.6 Å². The highest BCUT2D eigenvalue weighted by molar-refractivity contribution is 7.80. The van der Waals surface area contributed by atoms with Gasteiger partial charge in [0.2, 0.25) is 0 Å². The predicted octanol–water partition coefficient (Wildman–Crippen LogP) is 0.197. The van der Waals surface area contributed by atoms with Gasteiger partial charge in [-0.25, -0.2) is 0 Å². The molecular formula is C6H13NO2S. The minimum absolute atomic E-state index is 0.387. The molecule has 0 heterocycles. The number of carbonyl (C=O) groups is 1. The monoisotopic (exact) mass is 163 g/mol. The Morgan fingerprint density at radius 1 is 1.80 bits per heavy atom. The van der Waals surface area contributed by atoms with Crippen LogP contribution in [0, 0.1) is 0 Å². The summed E-state index contributed by atoms with van der Waals surface area (Å²) < 4.78 is 4.47. The summed E-state index contributed by atoms with van der Waals surface area (Å²) in [6.45, 7) is 1.63. The molecule has 3 nitrogen and oxygen atoms in total. The van der Waals surface area contributed by atoms with Crippen LogP contribution in [0.2, 0.25) is 0 Å². The van der Waals surface area contributed by atoms with Crippen LogP contribution in [0.15, 0.2) is 0 Å². The molecule has 2 N–H and O–H groups in total. The fraction of sp³-hybridized carbons (Fsp3) is 0.833. The highest BCUT2D eigenvalue weighted by Crippen LogP contribution is 2.07. The first-order valence-electron chi connectivity index (χ1n) is 3.02. The van der Waals surface area contributed by atoms with E-state index < -0.39 is 5.54 Å². The lowest BCUT2D eigenvalue weighted by Gasteiger charge is -2.19. The molecule has 0 unspecified atom stereocenters. The van der Waals surface area contributed by atoms with Gasteiger partial charge in [-0.15, -0.1) is 0 Å². The molecule has 0 saturated heterocycles. The maximum atomic E-state index is 10.8. The van der Waals surface area contributed by atoms with E-state index >= 15 is 0 Å².